The van der Waals surface area contributed by atoms with E-state index < -0.39 is 0 Å². The maximum atomic E-state index is 5.82. The van der Waals surface area contributed by atoms with Crippen LogP contribution in [-0.4, -0.2) is 16.8 Å². The van der Waals surface area contributed by atoms with Crippen molar-refractivity contribution in [2.24, 2.45) is 26.9 Å². The van der Waals surface area contributed by atoms with Crippen LogP contribution in [0.5, 0.6) is 0 Å². The fourth-order valence-electron chi connectivity index (χ4n) is 1.55. The Balaban J connectivity index is 3.16. The molecule has 1 heterocycles. The SMILES string of the molecule is CCC1(CC)C(N)=NC(=S)N=C1N. The molecule has 4 N–H and O–H groups in total. The van der Waals surface area contributed by atoms with Crippen molar-refractivity contribution in [3.8, 4) is 0 Å². The summed E-state index contributed by atoms with van der Waals surface area (Å²) in [4.78, 5) is 7.97. The summed E-state index contributed by atoms with van der Waals surface area (Å²) in [5.41, 5.74) is 11.3. The number of thiocarbonyl (C=S) groups is 1. The second-order valence-electron chi connectivity index (χ2n) is 3.07. The van der Waals surface area contributed by atoms with Crippen molar-refractivity contribution in [2.75, 3.05) is 0 Å². The molecule has 1 aliphatic heterocycles. The molecule has 0 aromatic heterocycles. The fraction of sp³-hybridized carbons (Fsp3) is 0.625. The van der Waals surface area contributed by atoms with Gasteiger partial charge in [-0.1, -0.05) is 13.8 Å². The molecule has 0 atom stereocenters. The first kappa shape index (κ1) is 10.1. The monoisotopic (exact) mass is 198 g/mol. The van der Waals surface area contributed by atoms with Gasteiger partial charge in [-0.05, 0) is 25.1 Å². The lowest BCUT2D eigenvalue weighted by molar-refractivity contribution is 0.521. The summed E-state index contributed by atoms with van der Waals surface area (Å²) in [6.45, 7) is 4.03. The molecule has 1 rings (SSSR count). The predicted molar refractivity (Wildman–Crippen MR) is 58.9 cm³/mol. The summed E-state index contributed by atoms with van der Waals surface area (Å²) < 4.78 is 0. The number of aliphatic imine (C=N–C) groups is 2. The van der Waals surface area contributed by atoms with E-state index in [0.29, 0.717) is 11.7 Å². The molecule has 0 unspecified atom stereocenters. The minimum atomic E-state index is -0.373. The molecule has 4 nitrogen and oxygen atoms in total. The zero-order chi connectivity index (χ0) is 10.1. The Morgan fingerprint density at radius 2 is 1.54 bits per heavy atom. The van der Waals surface area contributed by atoms with Gasteiger partial charge in [0.25, 0.3) is 0 Å². The van der Waals surface area contributed by atoms with Gasteiger partial charge in [-0.15, -0.1) is 0 Å². The molecule has 0 bridgehead atoms. The second kappa shape index (κ2) is 3.41. The molecule has 0 fully saturated rings. The maximum absolute atomic E-state index is 5.82. The van der Waals surface area contributed by atoms with E-state index in [1.807, 2.05) is 13.8 Å². The van der Waals surface area contributed by atoms with Crippen molar-refractivity contribution in [3.63, 3.8) is 0 Å². The van der Waals surface area contributed by atoms with Gasteiger partial charge in [-0.3, -0.25) is 0 Å². The van der Waals surface area contributed by atoms with E-state index in [2.05, 4.69) is 9.98 Å². The Morgan fingerprint density at radius 3 is 1.85 bits per heavy atom. The minimum absolute atomic E-state index is 0.229. The molecule has 0 saturated heterocycles. The van der Waals surface area contributed by atoms with Crippen LogP contribution in [0.2, 0.25) is 0 Å². The molecule has 0 spiro atoms. The molecule has 1 aliphatic rings. The average Bonchev–Trinajstić information content (AvgIpc) is 2.05. The molecule has 0 saturated carbocycles. The molecule has 13 heavy (non-hydrogen) atoms. The number of amidine groups is 2. The van der Waals surface area contributed by atoms with Gasteiger partial charge in [-0.2, -0.15) is 0 Å². The molecular formula is C8H14N4S. The van der Waals surface area contributed by atoms with Crippen LogP contribution in [0.25, 0.3) is 0 Å². The first-order chi connectivity index (χ1) is 6.06. The molecule has 72 valence electrons. The molecule has 0 amide bonds. The Hall–Kier alpha value is -0.970. The van der Waals surface area contributed by atoms with Crippen molar-refractivity contribution in [1.82, 2.24) is 0 Å². The van der Waals surface area contributed by atoms with Crippen LogP contribution in [0, 0.1) is 5.41 Å². The smallest absolute Gasteiger partial charge is 0.222 e. The highest BCUT2D eigenvalue weighted by molar-refractivity contribution is 7.80. The van der Waals surface area contributed by atoms with Crippen LogP contribution in [0.15, 0.2) is 9.98 Å². The maximum Gasteiger partial charge on any atom is 0.222 e. The van der Waals surface area contributed by atoms with Crippen LogP contribution in [0.3, 0.4) is 0 Å². The summed E-state index contributed by atoms with van der Waals surface area (Å²) >= 11 is 4.82. The Labute approximate surface area is 83.1 Å². The minimum Gasteiger partial charge on any atom is -0.386 e. The van der Waals surface area contributed by atoms with Gasteiger partial charge in [-0.25, -0.2) is 9.98 Å². The number of nitrogens with zero attached hydrogens (tertiary/aromatic N) is 2. The molecule has 0 aromatic carbocycles. The standard InChI is InChI=1S/C8H14N4S/c1-3-8(4-2)5(9)11-7(13)12-6(8)10/h3-4H2,1-2H3,(H4,9,10,11,12,13). The summed E-state index contributed by atoms with van der Waals surface area (Å²) in [5.74, 6) is 0.991. The molecule has 5 heteroatoms. The highest BCUT2D eigenvalue weighted by atomic mass is 32.1. The van der Waals surface area contributed by atoms with Crippen molar-refractivity contribution >= 4 is 29.0 Å². The van der Waals surface area contributed by atoms with E-state index in [9.17, 15) is 0 Å². The van der Waals surface area contributed by atoms with Gasteiger partial charge in [0.05, 0.1) is 5.41 Å². The molecule has 0 aliphatic carbocycles. The van der Waals surface area contributed by atoms with E-state index in [0.717, 1.165) is 12.8 Å². The normalized spacial score (nSPS) is 20.9. The van der Waals surface area contributed by atoms with Gasteiger partial charge >= 0.3 is 0 Å². The van der Waals surface area contributed by atoms with E-state index in [-0.39, 0.29) is 10.5 Å². The number of nitrogens with two attached hydrogens (primary N) is 2. The number of rotatable bonds is 2. The van der Waals surface area contributed by atoms with Crippen LogP contribution in [0.1, 0.15) is 26.7 Å². The summed E-state index contributed by atoms with van der Waals surface area (Å²) in [5, 5.41) is 0.229. The van der Waals surface area contributed by atoms with Crippen molar-refractivity contribution in [3.05, 3.63) is 0 Å². The van der Waals surface area contributed by atoms with Gasteiger partial charge in [0.15, 0.2) is 0 Å². The van der Waals surface area contributed by atoms with Crippen LogP contribution >= 0.6 is 12.2 Å². The molecule has 0 aromatic rings. The fourth-order valence-corrected chi connectivity index (χ4v) is 1.75. The van der Waals surface area contributed by atoms with Gasteiger partial charge in [0.2, 0.25) is 5.11 Å². The third kappa shape index (κ3) is 1.44. The van der Waals surface area contributed by atoms with Crippen molar-refractivity contribution < 1.29 is 0 Å². The quantitative estimate of drug-likeness (QED) is 0.644. The summed E-state index contributed by atoms with van der Waals surface area (Å²) in [6, 6.07) is 0. The zero-order valence-electron chi connectivity index (χ0n) is 7.87. The van der Waals surface area contributed by atoms with Crippen LogP contribution < -0.4 is 11.5 Å². The highest BCUT2D eigenvalue weighted by Gasteiger charge is 2.37. The van der Waals surface area contributed by atoms with Crippen molar-refractivity contribution in [1.29, 1.82) is 0 Å². The Kier molecular flexibility index (Phi) is 2.66. The average molecular weight is 198 g/mol. The van der Waals surface area contributed by atoms with E-state index in [4.69, 9.17) is 23.7 Å². The van der Waals surface area contributed by atoms with Gasteiger partial charge in [0, 0.05) is 0 Å². The van der Waals surface area contributed by atoms with Crippen molar-refractivity contribution in [2.45, 2.75) is 26.7 Å². The largest absolute Gasteiger partial charge is 0.386 e. The molecule has 0 radical (unpaired) electrons. The summed E-state index contributed by atoms with van der Waals surface area (Å²) in [7, 11) is 0. The third-order valence-electron chi connectivity index (χ3n) is 2.62. The van der Waals surface area contributed by atoms with Gasteiger partial charge < -0.3 is 11.5 Å². The third-order valence-corrected chi connectivity index (χ3v) is 2.80. The van der Waals surface area contributed by atoms with Crippen LogP contribution in [-0.2, 0) is 0 Å². The van der Waals surface area contributed by atoms with Crippen LogP contribution in [0.4, 0.5) is 0 Å². The lowest BCUT2D eigenvalue weighted by atomic mass is 9.79. The molecular weight excluding hydrogens is 184 g/mol. The number of hydrogen-bond acceptors (Lipinski definition) is 3. The van der Waals surface area contributed by atoms with Gasteiger partial charge in [0.1, 0.15) is 11.7 Å². The highest BCUT2D eigenvalue weighted by Crippen LogP contribution is 2.29. The van der Waals surface area contributed by atoms with E-state index >= 15 is 0 Å². The van der Waals surface area contributed by atoms with E-state index in [1.165, 1.54) is 0 Å². The Morgan fingerprint density at radius 1 is 1.15 bits per heavy atom. The lowest BCUT2D eigenvalue weighted by Crippen LogP contribution is -2.49. The van der Waals surface area contributed by atoms with E-state index in [1.54, 1.807) is 0 Å². The second-order valence-corrected chi connectivity index (χ2v) is 3.43. The lowest BCUT2D eigenvalue weighted by Gasteiger charge is -2.32. The zero-order valence-corrected chi connectivity index (χ0v) is 8.69. The summed E-state index contributed by atoms with van der Waals surface area (Å²) in [6.07, 6.45) is 1.60. The predicted octanol–water partition coefficient (Wildman–Crippen LogP) is 0.806. The number of hydrogen-bond donors (Lipinski definition) is 2. The topological polar surface area (TPSA) is 76.8 Å². The Bertz CT molecular complexity index is 265. The first-order valence-corrected chi connectivity index (χ1v) is 4.71. The first-order valence-electron chi connectivity index (χ1n) is 4.30.